The summed E-state index contributed by atoms with van der Waals surface area (Å²) in [5.74, 6) is -0.0391. The largest absolute Gasteiger partial charge is 0.496 e. The number of hydrogen-bond acceptors (Lipinski definition) is 6. The quantitative estimate of drug-likeness (QED) is 0.264. The third-order valence-corrected chi connectivity index (χ3v) is 4.57. The lowest BCUT2D eigenvalue weighted by Gasteiger charge is -2.09. The van der Waals surface area contributed by atoms with Crippen LogP contribution in [-0.2, 0) is 4.79 Å². The van der Waals surface area contributed by atoms with E-state index in [1.165, 1.54) is 24.1 Å². The monoisotopic (exact) mass is 440 g/mol. The Labute approximate surface area is 190 Å². The molecule has 4 rings (SSSR count). The average molecular weight is 440 g/mol. The molecular weight excluding hydrogens is 420 g/mol. The van der Waals surface area contributed by atoms with Crippen LogP contribution in [0, 0.1) is 0 Å². The highest BCUT2D eigenvalue weighted by Gasteiger charge is 2.12. The zero-order valence-corrected chi connectivity index (χ0v) is 17.7. The van der Waals surface area contributed by atoms with E-state index in [4.69, 9.17) is 9.47 Å². The van der Waals surface area contributed by atoms with Crippen molar-refractivity contribution in [3.63, 3.8) is 0 Å². The fraction of sp³-hybridized carbons (Fsp3) is 0.0400. The summed E-state index contributed by atoms with van der Waals surface area (Å²) in [6.45, 7) is 0. The molecule has 164 valence electrons. The molecular formula is C25H20N4O4. The van der Waals surface area contributed by atoms with Crippen molar-refractivity contribution in [3.8, 4) is 17.2 Å². The molecule has 0 saturated heterocycles. The predicted octanol–water partition coefficient (Wildman–Crippen LogP) is 4.15. The van der Waals surface area contributed by atoms with Gasteiger partial charge in [-0.05, 0) is 54.6 Å². The van der Waals surface area contributed by atoms with Crippen molar-refractivity contribution in [1.29, 1.82) is 0 Å². The Morgan fingerprint density at radius 1 is 0.939 bits per heavy atom. The molecule has 0 aliphatic carbocycles. The van der Waals surface area contributed by atoms with Crippen LogP contribution in [0.1, 0.15) is 16.1 Å². The Hall–Kier alpha value is -4.72. The topological polar surface area (TPSA) is 95.3 Å². The van der Waals surface area contributed by atoms with Gasteiger partial charge in [-0.25, -0.2) is 4.79 Å². The van der Waals surface area contributed by atoms with E-state index in [1.54, 1.807) is 54.7 Å². The van der Waals surface area contributed by atoms with Crippen LogP contribution in [0.15, 0.2) is 91.1 Å². The van der Waals surface area contributed by atoms with Gasteiger partial charge in [-0.3, -0.25) is 4.79 Å². The fourth-order valence-electron chi connectivity index (χ4n) is 2.98. The first kappa shape index (κ1) is 21.5. The molecule has 0 saturated carbocycles. The van der Waals surface area contributed by atoms with Crippen LogP contribution in [0.2, 0.25) is 0 Å². The summed E-state index contributed by atoms with van der Waals surface area (Å²) in [6, 6.07) is 22.9. The molecule has 1 heterocycles. The molecule has 0 atom stereocenters. The predicted molar refractivity (Wildman–Crippen MR) is 123 cm³/mol. The maximum atomic E-state index is 12.5. The summed E-state index contributed by atoms with van der Waals surface area (Å²) in [5.41, 5.74) is 2.31. The van der Waals surface area contributed by atoms with Crippen molar-refractivity contribution >= 4 is 23.6 Å². The molecule has 0 fully saturated rings. The molecule has 1 amide bonds. The Bertz CT molecular complexity index is 1280. The minimum Gasteiger partial charge on any atom is -0.496 e. The molecule has 1 N–H and O–H groups in total. The molecule has 0 aliphatic heterocycles. The van der Waals surface area contributed by atoms with Crippen molar-refractivity contribution in [2.45, 2.75) is 0 Å². The molecule has 33 heavy (non-hydrogen) atoms. The molecule has 8 heteroatoms. The van der Waals surface area contributed by atoms with Crippen molar-refractivity contribution in [2.24, 2.45) is 0 Å². The minimum atomic E-state index is -0.560. The van der Waals surface area contributed by atoms with Crippen LogP contribution in [-0.4, -0.2) is 34.0 Å². The van der Waals surface area contributed by atoms with E-state index in [2.05, 4.69) is 15.5 Å². The summed E-state index contributed by atoms with van der Waals surface area (Å²) in [6.07, 6.45) is 4.35. The van der Waals surface area contributed by atoms with Crippen LogP contribution < -0.4 is 14.8 Å². The lowest BCUT2D eigenvalue weighted by atomic mass is 10.2. The summed E-state index contributed by atoms with van der Waals surface area (Å²) >= 11 is 0. The maximum absolute atomic E-state index is 12.5. The molecule has 4 aromatic rings. The third-order valence-electron chi connectivity index (χ3n) is 4.57. The summed E-state index contributed by atoms with van der Waals surface area (Å²) in [4.78, 5) is 26.1. The minimum absolute atomic E-state index is 0.302. The van der Waals surface area contributed by atoms with Crippen LogP contribution in [0.3, 0.4) is 0 Å². The SMILES string of the molecule is COc1ccccc1C(=O)Nc1ccc(OC(=O)/C=C/c2cnn(-c3ccccc3)n2)cc1. The highest BCUT2D eigenvalue weighted by molar-refractivity contribution is 6.06. The highest BCUT2D eigenvalue weighted by Crippen LogP contribution is 2.21. The summed E-state index contributed by atoms with van der Waals surface area (Å²) in [7, 11) is 1.51. The van der Waals surface area contributed by atoms with E-state index >= 15 is 0 Å². The van der Waals surface area contributed by atoms with Gasteiger partial charge in [0, 0.05) is 11.8 Å². The van der Waals surface area contributed by atoms with Crippen molar-refractivity contribution in [3.05, 3.63) is 102 Å². The number of ether oxygens (including phenoxy) is 2. The number of carbonyl (C=O) groups is 2. The van der Waals surface area contributed by atoms with Crippen molar-refractivity contribution in [2.75, 3.05) is 12.4 Å². The number of nitrogens with one attached hydrogen (secondary N) is 1. The van der Waals surface area contributed by atoms with E-state index in [-0.39, 0.29) is 5.91 Å². The highest BCUT2D eigenvalue weighted by atomic mass is 16.5. The molecule has 3 aromatic carbocycles. The van der Waals surface area contributed by atoms with Gasteiger partial charge in [-0.15, -0.1) is 5.10 Å². The van der Waals surface area contributed by atoms with E-state index in [0.717, 1.165) is 5.69 Å². The normalized spacial score (nSPS) is 10.7. The van der Waals surface area contributed by atoms with Gasteiger partial charge < -0.3 is 14.8 Å². The van der Waals surface area contributed by atoms with Gasteiger partial charge >= 0.3 is 5.97 Å². The first-order chi connectivity index (χ1) is 16.1. The van der Waals surface area contributed by atoms with Crippen LogP contribution in [0.5, 0.6) is 11.5 Å². The van der Waals surface area contributed by atoms with E-state index in [0.29, 0.717) is 28.4 Å². The lowest BCUT2D eigenvalue weighted by molar-refractivity contribution is -0.128. The van der Waals surface area contributed by atoms with Gasteiger partial charge in [0.1, 0.15) is 17.2 Å². The van der Waals surface area contributed by atoms with E-state index in [9.17, 15) is 9.59 Å². The standard InChI is InChI=1S/C25H20N4O4/c1-32-23-10-6-5-9-22(23)25(31)27-18-11-14-21(15-12-18)33-24(30)16-13-19-17-26-29(28-19)20-7-3-2-4-8-20/h2-17H,1H3,(H,27,31)/b16-13+. The number of hydrogen-bond donors (Lipinski definition) is 1. The molecule has 1 aromatic heterocycles. The fourth-order valence-corrected chi connectivity index (χ4v) is 2.98. The Balaban J connectivity index is 1.34. The van der Waals surface area contributed by atoms with Gasteiger partial charge in [0.25, 0.3) is 5.91 Å². The first-order valence-electron chi connectivity index (χ1n) is 10.0. The number of carbonyl (C=O) groups excluding carboxylic acids is 2. The zero-order chi connectivity index (χ0) is 23.0. The van der Waals surface area contributed by atoms with Crippen LogP contribution >= 0.6 is 0 Å². The summed E-state index contributed by atoms with van der Waals surface area (Å²) < 4.78 is 10.5. The molecule has 8 nitrogen and oxygen atoms in total. The van der Waals surface area contributed by atoms with Gasteiger partial charge in [0.15, 0.2) is 0 Å². The number of methoxy groups -OCH3 is 1. The van der Waals surface area contributed by atoms with Gasteiger partial charge in [-0.1, -0.05) is 30.3 Å². The average Bonchev–Trinajstić information content (AvgIpc) is 3.34. The number of amides is 1. The number of esters is 1. The molecule has 0 aliphatic rings. The maximum Gasteiger partial charge on any atom is 0.336 e. The molecule has 0 unspecified atom stereocenters. The summed E-state index contributed by atoms with van der Waals surface area (Å²) in [5, 5.41) is 11.3. The molecule has 0 spiro atoms. The van der Waals surface area contributed by atoms with E-state index in [1.807, 2.05) is 30.3 Å². The number of aromatic nitrogens is 3. The van der Waals surface area contributed by atoms with Crippen LogP contribution in [0.25, 0.3) is 11.8 Å². The number of nitrogens with zero attached hydrogens (tertiary/aromatic N) is 3. The van der Waals surface area contributed by atoms with Gasteiger partial charge in [0.05, 0.1) is 24.6 Å². The van der Waals surface area contributed by atoms with Crippen molar-refractivity contribution < 1.29 is 19.1 Å². The molecule has 0 bridgehead atoms. The van der Waals surface area contributed by atoms with Gasteiger partial charge in [-0.2, -0.15) is 9.90 Å². The first-order valence-corrected chi connectivity index (χ1v) is 10.0. The number of para-hydroxylation sites is 2. The number of benzene rings is 3. The zero-order valence-electron chi connectivity index (χ0n) is 17.7. The number of anilines is 1. The lowest BCUT2D eigenvalue weighted by Crippen LogP contribution is -2.13. The second-order valence-electron chi connectivity index (χ2n) is 6.83. The van der Waals surface area contributed by atoms with E-state index < -0.39 is 5.97 Å². The Morgan fingerprint density at radius 2 is 1.67 bits per heavy atom. The second kappa shape index (κ2) is 10.1. The van der Waals surface area contributed by atoms with Crippen LogP contribution in [0.4, 0.5) is 5.69 Å². The van der Waals surface area contributed by atoms with Gasteiger partial charge in [0.2, 0.25) is 0 Å². The smallest absolute Gasteiger partial charge is 0.336 e. The van der Waals surface area contributed by atoms with Crippen molar-refractivity contribution in [1.82, 2.24) is 15.0 Å². The third kappa shape index (κ3) is 5.50. The molecule has 0 radical (unpaired) electrons. The second-order valence-corrected chi connectivity index (χ2v) is 6.83. The Morgan fingerprint density at radius 3 is 2.42 bits per heavy atom. The Kier molecular flexibility index (Phi) is 6.56. The number of rotatable bonds is 7.